The first kappa shape index (κ1) is 13.9. The quantitative estimate of drug-likeness (QED) is 0.894. The number of hydrogen-bond donors (Lipinski definition) is 2. The number of benzene rings is 1. The lowest BCUT2D eigenvalue weighted by Gasteiger charge is -2.11. The van der Waals surface area contributed by atoms with Gasteiger partial charge in [0.05, 0.1) is 6.04 Å². The Balaban J connectivity index is 2.06. The van der Waals surface area contributed by atoms with Crippen molar-refractivity contribution in [1.82, 2.24) is 5.32 Å². The summed E-state index contributed by atoms with van der Waals surface area (Å²) in [6.07, 6.45) is 0. The number of carbonyl (C=O) groups is 2. The van der Waals surface area contributed by atoms with Gasteiger partial charge in [-0.2, -0.15) is 0 Å². The molecule has 1 aromatic carbocycles. The van der Waals surface area contributed by atoms with E-state index < -0.39 is 5.91 Å². The van der Waals surface area contributed by atoms with Crippen LogP contribution < -0.4 is 11.1 Å². The highest BCUT2D eigenvalue weighted by Crippen LogP contribution is 2.16. The third kappa shape index (κ3) is 3.06. The van der Waals surface area contributed by atoms with E-state index in [-0.39, 0.29) is 11.9 Å². The molecule has 1 aromatic heterocycles. The standard InChI is InChI=1S/C15H16N2O3/c1-9-3-8-13(20-9)10(2)17-15(19)12-6-4-11(5-7-12)14(16)18/h3-8,10H,1-2H3,(H2,16,18)(H,17,19). The van der Waals surface area contributed by atoms with E-state index in [1.165, 1.54) is 12.1 Å². The molecule has 104 valence electrons. The molecule has 0 radical (unpaired) electrons. The predicted octanol–water partition coefficient (Wildman–Crippen LogP) is 2.18. The van der Waals surface area contributed by atoms with Crippen LogP contribution in [0.25, 0.3) is 0 Å². The highest BCUT2D eigenvalue weighted by molar-refractivity contribution is 5.97. The van der Waals surface area contributed by atoms with Gasteiger partial charge in [-0.3, -0.25) is 9.59 Å². The second kappa shape index (κ2) is 5.61. The Hall–Kier alpha value is -2.56. The number of amides is 2. The summed E-state index contributed by atoms with van der Waals surface area (Å²) in [5.41, 5.74) is 5.98. The lowest BCUT2D eigenvalue weighted by Crippen LogP contribution is -2.26. The van der Waals surface area contributed by atoms with E-state index in [1.54, 1.807) is 12.1 Å². The maximum absolute atomic E-state index is 12.0. The fraction of sp³-hybridized carbons (Fsp3) is 0.200. The van der Waals surface area contributed by atoms with Gasteiger partial charge in [0.15, 0.2) is 0 Å². The van der Waals surface area contributed by atoms with Gasteiger partial charge in [0.2, 0.25) is 5.91 Å². The van der Waals surface area contributed by atoms with Gasteiger partial charge in [0, 0.05) is 11.1 Å². The molecule has 0 aliphatic carbocycles. The topological polar surface area (TPSA) is 85.3 Å². The minimum atomic E-state index is -0.517. The Morgan fingerprint density at radius 1 is 1.10 bits per heavy atom. The van der Waals surface area contributed by atoms with Gasteiger partial charge in [-0.05, 0) is 50.2 Å². The number of rotatable bonds is 4. The molecule has 5 nitrogen and oxygen atoms in total. The van der Waals surface area contributed by atoms with Crippen LogP contribution >= 0.6 is 0 Å². The lowest BCUT2D eigenvalue weighted by atomic mass is 10.1. The number of primary amides is 1. The van der Waals surface area contributed by atoms with E-state index in [4.69, 9.17) is 10.2 Å². The van der Waals surface area contributed by atoms with Crippen LogP contribution in [-0.4, -0.2) is 11.8 Å². The second-order valence-corrected chi connectivity index (χ2v) is 4.59. The molecule has 5 heteroatoms. The molecule has 0 fully saturated rings. The second-order valence-electron chi connectivity index (χ2n) is 4.59. The summed E-state index contributed by atoms with van der Waals surface area (Å²) in [6.45, 7) is 3.69. The summed E-state index contributed by atoms with van der Waals surface area (Å²) in [4.78, 5) is 23.0. The van der Waals surface area contributed by atoms with Gasteiger partial charge in [0.1, 0.15) is 11.5 Å². The van der Waals surface area contributed by atoms with Crippen molar-refractivity contribution in [3.05, 3.63) is 59.0 Å². The van der Waals surface area contributed by atoms with Crippen LogP contribution in [0, 0.1) is 6.92 Å². The lowest BCUT2D eigenvalue weighted by molar-refractivity contribution is 0.0933. The monoisotopic (exact) mass is 272 g/mol. The number of hydrogen-bond acceptors (Lipinski definition) is 3. The van der Waals surface area contributed by atoms with Crippen molar-refractivity contribution in [2.45, 2.75) is 19.9 Å². The zero-order valence-electron chi connectivity index (χ0n) is 11.3. The smallest absolute Gasteiger partial charge is 0.251 e. The molecule has 0 bridgehead atoms. The summed E-state index contributed by atoms with van der Waals surface area (Å²) in [6, 6.07) is 9.63. The first-order valence-electron chi connectivity index (χ1n) is 6.24. The third-order valence-corrected chi connectivity index (χ3v) is 2.97. The van der Waals surface area contributed by atoms with Gasteiger partial charge in [-0.25, -0.2) is 0 Å². The van der Waals surface area contributed by atoms with Crippen LogP contribution in [0.2, 0.25) is 0 Å². The Bertz CT molecular complexity index is 629. The summed E-state index contributed by atoms with van der Waals surface area (Å²) in [5.74, 6) is 0.746. The Morgan fingerprint density at radius 3 is 2.20 bits per heavy atom. The van der Waals surface area contributed by atoms with Crippen molar-refractivity contribution in [2.75, 3.05) is 0 Å². The van der Waals surface area contributed by atoms with Gasteiger partial charge in [-0.1, -0.05) is 0 Å². The Labute approximate surface area is 116 Å². The molecule has 2 rings (SSSR count). The van der Waals surface area contributed by atoms with Gasteiger partial charge >= 0.3 is 0 Å². The largest absolute Gasteiger partial charge is 0.464 e. The number of nitrogens with two attached hydrogens (primary N) is 1. The van der Waals surface area contributed by atoms with Crippen molar-refractivity contribution < 1.29 is 14.0 Å². The fourth-order valence-corrected chi connectivity index (χ4v) is 1.82. The SMILES string of the molecule is Cc1ccc(C(C)NC(=O)c2ccc(C(N)=O)cc2)o1. The normalized spacial score (nSPS) is 11.9. The minimum Gasteiger partial charge on any atom is -0.464 e. The number of carbonyl (C=O) groups excluding carboxylic acids is 2. The summed E-state index contributed by atoms with van der Waals surface area (Å²) in [7, 11) is 0. The van der Waals surface area contributed by atoms with Crippen molar-refractivity contribution in [2.24, 2.45) is 5.73 Å². The van der Waals surface area contributed by atoms with Crippen molar-refractivity contribution in [1.29, 1.82) is 0 Å². The Kier molecular flexibility index (Phi) is 3.89. The molecule has 2 aromatic rings. The molecule has 0 spiro atoms. The Morgan fingerprint density at radius 2 is 1.70 bits per heavy atom. The maximum atomic E-state index is 12.0. The molecule has 0 aliphatic rings. The highest BCUT2D eigenvalue weighted by atomic mass is 16.3. The number of furan rings is 1. The number of aryl methyl sites for hydroxylation is 1. The summed E-state index contributed by atoms with van der Waals surface area (Å²) in [5, 5.41) is 2.83. The van der Waals surface area contributed by atoms with Crippen LogP contribution in [0.3, 0.4) is 0 Å². The van der Waals surface area contributed by atoms with Gasteiger partial charge < -0.3 is 15.5 Å². The van der Waals surface area contributed by atoms with Crippen molar-refractivity contribution in [3.8, 4) is 0 Å². The van der Waals surface area contributed by atoms with Crippen LogP contribution in [0.1, 0.15) is 45.2 Å². The summed E-state index contributed by atoms with van der Waals surface area (Å²) >= 11 is 0. The molecule has 0 saturated heterocycles. The average molecular weight is 272 g/mol. The number of nitrogens with one attached hydrogen (secondary N) is 1. The van der Waals surface area contributed by atoms with Crippen LogP contribution in [0.4, 0.5) is 0 Å². The fourth-order valence-electron chi connectivity index (χ4n) is 1.82. The minimum absolute atomic E-state index is 0.230. The zero-order chi connectivity index (χ0) is 14.7. The zero-order valence-corrected chi connectivity index (χ0v) is 11.3. The molecule has 3 N–H and O–H groups in total. The first-order chi connectivity index (χ1) is 9.47. The maximum Gasteiger partial charge on any atom is 0.251 e. The molecule has 0 saturated carbocycles. The molecule has 20 heavy (non-hydrogen) atoms. The van der Waals surface area contributed by atoms with Gasteiger partial charge in [0.25, 0.3) is 5.91 Å². The van der Waals surface area contributed by atoms with Crippen LogP contribution in [-0.2, 0) is 0 Å². The van der Waals surface area contributed by atoms with Crippen molar-refractivity contribution in [3.63, 3.8) is 0 Å². The molecular weight excluding hydrogens is 256 g/mol. The van der Waals surface area contributed by atoms with E-state index in [9.17, 15) is 9.59 Å². The van der Waals surface area contributed by atoms with E-state index in [2.05, 4.69) is 5.32 Å². The summed E-state index contributed by atoms with van der Waals surface area (Å²) < 4.78 is 5.46. The van der Waals surface area contributed by atoms with Gasteiger partial charge in [-0.15, -0.1) is 0 Å². The van der Waals surface area contributed by atoms with Crippen LogP contribution in [0.5, 0.6) is 0 Å². The molecule has 1 unspecified atom stereocenters. The van der Waals surface area contributed by atoms with E-state index in [0.29, 0.717) is 16.9 Å². The third-order valence-electron chi connectivity index (χ3n) is 2.97. The molecule has 1 heterocycles. The van der Waals surface area contributed by atoms with E-state index >= 15 is 0 Å². The molecule has 1 atom stereocenters. The molecule has 0 aliphatic heterocycles. The highest BCUT2D eigenvalue weighted by Gasteiger charge is 2.14. The molecular formula is C15H16N2O3. The predicted molar refractivity (Wildman–Crippen MR) is 74.3 cm³/mol. The molecule has 2 amide bonds. The van der Waals surface area contributed by atoms with Crippen molar-refractivity contribution >= 4 is 11.8 Å². The van der Waals surface area contributed by atoms with E-state index in [0.717, 1.165) is 5.76 Å². The first-order valence-corrected chi connectivity index (χ1v) is 6.24. The average Bonchev–Trinajstić information content (AvgIpc) is 2.85. The van der Waals surface area contributed by atoms with Crippen LogP contribution in [0.15, 0.2) is 40.8 Å². The van der Waals surface area contributed by atoms with E-state index in [1.807, 2.05) is 26.0 Å².